The number of nitrogens with one attached hydrogen (secondary N) is 1. The zero-order valence-corrected chi connectivity index (χ0v) is 14.2. The zero-order chi connectivity index (χ0) is 17.9. The van der Waals surface area contributed by atoms with Gasteiger partial charge in [0.15, 0.2) is 5.84 Å². The first kappa shape index (κ1) is 17.3. The predicted molar refractivity (Wildman–Crippen MR) is 91.9 cm³/mol. The van der Waals surface area contributed by atoms with Gasteiger partial charge in [-0.2, -0.15) is 0 Å². The van der Waals surface area contributed by atoms with Crippen LogP contribution in [-0.4, -0.2) is 29.0 Å². The van der Waals surface area contributed by atoms with Gasteiger partial charge >= 0.3 is 0 Å². The van der Waals surface area contributed by atoms with Crippen molar-refractivity contribution in [2.24, 2.45) is 9.52 Å². The second-order valence-electron chi connectivity index (χ2n) is 5.54. The van der Waals surface area contributed by atoms with Crippen molar-refractivity contribution in [2.45, 2.75) is 24.1 Å². The Bertz CT molecular complexity index is 877. The summed E-state index contributed by atoms with van der Waals surface area (Å²) in [6, 6.07) is 16.1. The second kappa shape index (κ2) is 7.18. The number of halogens is 2. The van der Waals surface area contributed by atoms with Crippen molar-refractivity contribution in [1.29, 1.82) is 0 Å². The summed E-state index contributed by atoms with van der Waals surface area (Å²) in [6.45, 7) is 0.292. The number of amidine groups is 1. The Kier molecular flexibility index (Phi) is 4.98. The molecule has 5 nitrogen and oxygen atoms in total. The molecule has 2 aromatic carbocycles. The van der Waals surface area contributed by atoms with Crippen LogP contribution in [0.4, 0.5) is 8.78 Å². The summed E-state index contributed by atoms with van der Waals surface area (Å²) in [5, 5.41) is 6.13. The molecule has 25 heavy (non-hydrogen) atoms. The molecule has 0 saturated heterocycles. The van der Waals surface area contributed by atoms with E-state index in [4.69, 9.17) is 0 Å². The fourth-order valence-electron chi connectivity index (χ4n) is 2.26. The van der Waals surface area contributed by atoms with Gasteiger partial charge in [-0.15, -0.1) is 0 Å². The molecule has 0 fully saturated rings. The highest BCUT2D eigenvalue weighted by molar-refractivity contribution is 7.93. The van der Waals surface area contributed by atoms with Crippen molar-refractivity contribution in [3.05, 3.63) is 65.7 Å². The van der Waals surface area contributed by atoms with Crippen molar-refractivity contribution < 1.29 is 17.8 Å². The van der Waals surface area contributed by atoms with Crippen LogP contribution in [0.25, 0.3) is 0 Å². The molecule has 8 heteroatoms. The number of nitrogens with zero attached hydrogens (tertiary/aromatic N) is 2. The molecule has 2 atom stereocenters. The summed E-state index contributed by atoms with van der Waals surface area (Å²) in [7, 11) is -2.47. The molecule has 0 aromatic heterocycles. The Hall–Kier alpha value is -2.48. The summed E-state index contributed by atoms with van der Waals surface area (Å²) >= 11 is 0. The molecule has 132 valence electrons. The molecule has 0 saturated carbocycles. The lowest BCUT2D eigenvalue weighted by atomic mass is 10.1. The molecular weight excluding hydrogens is 348 g/mol. The van der Waals surface area contributed by atoms with E-state index in [1.165, 1.54) is 0 Å². The third kappa shape index (κ3) is 4.14. The van der Waals surface area contributed by atoms with Crippen molar-refractivity contribution in [3.63, 3.8) is 0 Å². The maximum absolute atomic E-state index is 12.7. The molecule has 0 amide bonds. The van der Waals surface area contributed by atoms with E-state index in [2.05, 4.69) is 19.7 Å². The lowest BCUT2D eigenvalue weighted by Gasteiger charge is -2.08. The van der Waals surface area contributed by atoms with E-state index in [0.29, 0.717) is 17.0 Å². The van der Waals surface area contributed by atoms with Crippen molar-refractivity contribution in [1.82, 2.24) is 5.32 Å². The summed E-state index contributed by atoms with van der Waals surface area (Å²) in [6.07, 6.45) is -2.47. The summed E-state index contributed by atoms with van der Waals surface area (Å²) < 4.78 is 42.1. The lowest BCUT2D eigenvalue weighted by molar-refractivity contribution is -0.0466. The molecule has 0 radical (unpaired) electrons. The molecule has 1 heterocycles. The predicted octanol–water partition coefficient (Wildman–Crippen LogP) is 3.22. The van der Waals surface area contributed by atoms with Gasteiger partial charge in [-0.05, 0) is 17.7 Å². The van der Waals surface area contributed by atoms with Crippen LogP contribution in [-0.2, 0) is 21.1 Å². The van der Waals surface area contributed by atoms with Gasteiger partial charge in [0.05, 0.1) is 16.3 Å². The van der Waals surface area contributed by atoms with Gasteiger partial charge in [0, 0.05) is 16.7 Å². The molecule has 2 aromatic rings. The second-order valence-corrected chi connectivity index (χ2v) is 7.88. The number of hydrogen-bond donors (Lipinski definition) is 1. The molecule has 1 aliphatic heterocycles. The molecule has 1 aliphatic rings. The molecule has 0 bridgehead atoms. The number of benzene rings is 2. The van der Waals surface area contributed by atoms with Gasteiger partial charge in [-0.1, -0.05) is 47.6 Å². The average molecular weight is 365 g/mol. The fourth-order valence-corrected chi connectivity index (χ4v) is 3.46. The normalized spacial score (nSPS) is 18.9. The molecule has 0 spiro atoms. The third-order valence-corrected chi connectivity index (χ3v) is 5.44. The first-order valence-corrected chi connectivity index (χ1v) is 9.49. The smallest absolute Gasteiger partial charge is 0.296 e. The number of oxime groups is 1. The van der Waals surface area contributed by atoms with Crippen molar-refractivity contribution in [2.75, 3.05) is 6.26 Å². The van der Waals surface area contributed by atoms with Crippen molar-refractivity contribution in [3.8, 4) is 0 Å². The summed E-state index contributed by atoms with van der Waals surface area (Å²) in [5.41, 5.74) is 1.49. The Morgan fingerprint density at radius 3 is 2.48 bits per heavy atom. The standard InChI is InChI=1S/C17H17F2N3O2S/c1-25(23,14-5-3-2-4-6-14)20-11-12-7-9-13(10-8-12)16-21-17(15(18)19)24-22-16/h2-10,15,17H,11H2,1H3,(H,21,22). The molecular formula is C17H17F2N3O2S. The molecule has 3 rings (SSSR count). The number of rotatable bonds is 5. The zero-order valence-electron chi connectivity index (χ0n) is 13.4. The highest BCUT2D eigenvalue weighted by Crippen LogP contribution is 2.15. The quantitative estimate of drug-likeness (QED) is 0.885. The van der Waals surface area contributed by atoms with Crippen LogP contribution in [0.3, 0.4) is 0 Å². The van der Waals surface area contributed by atoms with Crippen molar-refractivity contribution >= 4 is 15.6 Å². The van der Waals surface area contributed by atoms with E-state index in [1.807, 2.05) is 18.2 Å². The van der Waals surface area contributed by atoms with Gasteiger partial charge in [0.25, 0.3) is 12.7 Å². The minimum absolute atomic E-state index is 0.261. The summed E-state index contributed by atoms with van der Waals surface area (Å²) in [4.78, 5) is 5.31. The highest BCUT2D eigenvalue weighted by Gasteiger charge is 2.28. The first-order chi connectivity index (χ1) is 12.0. The molecule has 1 N–H and O–H groups in total. The molecule has 2 unspecified atom stereocenters. The van der Waals surface area contributed by atoms with E-state index in [9.17, 15) is 13.0 Å². The van der Waals surface area contributed by atoms with Gasteiger partial charge in [0.2, 0.25) is 0 Å². The Morgan fingerprint density at radius 2 is 1.88 bits per heavy atom. The van der Waals surface area contributed by atoms with Gasteiger partial charge in [-0.25, -0.2) is 17.4 Å². The first-order valence-electron chi connectivity index (χ1n) is 7.56. The van der Waals surface area contributed by atoms with Gasteiger partial charge in [0.1, 0.15) is 0 Å². The van der Waals surface area contributed by atoms with Crippen LogP contribution < -0.4 is 5.32 Å². The van der Waals surface area contributed by atoms with E-state index in [0.717, 1.165) is 5.56 Å². The lowest BCUT2D eigenvalue weighted by Crippen LogP contribution is -2.35. The fraction of sp³-hybridized carbons (Fsp3) is 0.235. The van der Waals surface area contributed by atoms with E-state index < -0.39 is 22.4 Å². The maximum atomic E-state index is 12.7. The third-order valence-electron chi connectivity index (χ3n) is 3.67. The van der Waals surface area contributed by atoms with E-state index >= 15 is 0 Å². The van der Waals surface area contributed by atoms with Crippen LogP contribution in [0.1, 0.15) is 11.1 Å². The molecule has 0 aliphatic carbocycles. The van der Waals surface area contributed by atoms with Crippen LogP contribution in [0.2, 0.25) is 0 Å². The highest BCUT2D eigenvalue weighted by atomic mass is 32.2. The van der Waals surface area contributed by atoms with E-state index in [1.54, 1.807) is 42.7 Å². The SMILES string of the molecule is CS(=O)(=NCc1ccc(C2=NOC(C(F)F)N2)cc1)c1ccccc1. The van der Waals surface area contributed by atoms with Gasteiger partial charge in [-0.3, -0.25) is 0 Å². The van der Waals surface area contributed by atoms with Gasteiger partial charge < -0.3 is 10.2 Å². The number of hydrogen-bond acceptors (Lipinski definition) is 5. The average Bonchev–Trinajstić information content (AvgIpc) is 3.12. The van der Waals surface area contributed by atoms with Crippen LogP contribution >= 0.6 is 0 Å². The van der Waals surface area contributed by atoms with E-state index in [-0.39, 0.29) is 5.84 Å². The maximum Gasteiger partial charge on any atom is 0.296 e. The minimum atomic E-state index is -2.66. The topological polar surface area (TPSA) is 63.0 Å². The van der Waals surface area contributed by atoms with Crippen LogP contribution in [0.15, 0.2) is 69.0 Å². The van der Waals surface area contributed by atoms with Crippen LogP contribution in [0.5, 0.6) is 0 Å². The number of alkyl halides is 2. The Morgan fingerprint density at radius 1 is 1.20 bits per heavy atom. The summed E-state index contributed by atoms with van der Waals surface area (Å²) in [5.74, 6) is 0.261. The Labute approximate surface area is 144 Å². The minimum Gasteiger partial charge on any atom is -0.362 e. The monoisotopic (exact) mass is 365 g/mol. The largest absolute Gasteiger partial charge is 0.362 e. The Balaban J connectivity index is 1.70. The van der Waals surface area contributed by atoms with Crippen LogP contribution in [0, 0.1) is 0 Å².